The van der Waals surface area contributed by atoms with Crippen molar-refractivity contribution in [2.45, 2.75) is 18.9 Å². The molecule has 21 heavy (non-hydrogen) atoms. The summed E-state index contributed by atoms with van der Waals surface area (Å²) in [4.78, 5) is 0. The van der Waals surface area contributed by atoms with Crippen molar-refractivity contribution in [2.75, 3.05) is 5.32 Å². The zero-order valence-electron chi connectivity index (χ0n) is 10.9. The highest BCUT2D eigenvalue weighted by Crippen LogP contribution is 2.35. The van der Waals surface area contributed by atoms with Gasteiger partial charge in [0.25, 0.3) is 0 Å². The number of nitrogens with zero attached hydrogens (tertiary/aromatic N) is 3. The molecule has 0 radical (unpaired) electrons. The van der Waals surface area contributed by atoms with Crippen molar-refractivity contribution in [3.05, 3.63) is 47.5 Å². The van der Waals surface area contributed by atoms with E-state index < -0.39 is 0 Å². The highest BCUT2D eigenvalue weighted by molar-refractivity contribution is 7.18. The molecule has 1 N–H and O–H groups in total. The molecule has 0 aliphatic heterocycles. The van der Waals surface area contributed by atoms with Gasteiger partial charge in [-0.15, -0.1) is 10.2 Å². The molecule has 1 aliphatic carbocycles. The van der Waals surface area contributed by atoms with E-state index in [-0.39, 0.29) is 11.9 Å². The number of aryl methyl sites for hydroxylation is 1. The summed E-state index contributed by atoms with van der Waals surface area (Å²) in [5.41, 5.74) is 2.87. The molecule has 0 amide bonds. The van der Waals surface area contributed by atoms with E-state index in [9.17, 15) is 4.39 Å². The Morgan fingerprint density at radius 2 is 2.24 bits per heavy atom. The number of benzene rings is 1. The number of halogens is 1. The van der Waals surface area contributed by atoms with Crippen molar-refractivity contribution in [2.24, 2.45) is 0 Å². The number of aromatic nitrogens is 3. The quantitative estimate of drug-likeness (QED) is 0.803. The van der Waals surface area contributed by atoms with E-state index in [0.717, 1.165) is 29.1 Å². The van der Waals surface area contributed by atoms with Gasteiger partial charge in [-0.3, -0.25) is 0 Å². The number of rotatable bonds is 3. The van der Waals surface area contributed by atoms with Crippen molar-refractivity contribution in [1.29, 1.82) is 0 Å². The lowest BCUT2D eigenvalue weighted by Gasteiger charge is -2.12. The summed E-state index contributed by atoms with van der Waals surface area (Å²) in [6, 6.07) is 6.85. The van der Waals surface area contributed by atoms with Crippen molar-refractivity contribution < 1.29 is 8.91 Å². The summed E-state index contributed by atoms with van der Waals surface area (Å²) in [6.45, 7) is 0. The Hall–Kier alpha value is -2.28. The molecule has 1 unspecified atom stereocenters. The van der Waals surface area contributed by atoms with Crippen LogP contribution in [-0.4, -0.2) is 15.4 Å². The molecule has 7 heteroatoms. The summed E-state index contributed by atoms with van der Waals surface area (Å²) in [5, 5.41) is 16.9. The Labute approximate surface area is 123 Å². The zero-order chi connectivity index (χ0) is 14.2. The summed E-state index contributed by atoms with van der Waals surface area (Å²) in [6.07, 6.45) is 3.31. The number of hydrogen-bond acceptors (Lipinski definition) is 6. The summed E-state index contributed by atoms with van der Waals surface area (Å²) in [7, 11) is 0. The average Bonchev–Trinajstić information content (AvgIpc) is 3.19. The van der Waals surface area contributed by atoms with Gasteiger partial charge in [0, 0.05) is 6.07 Å². The van der Waals surface area contributed by atoms with Crippen LogP contribution in [0.3, 0.4) is 0 Å². The fraction of sp³-hybridized carbons (Fsp3) is 0.214. The van der Waals surface area contributed by atoms with E-state index in [1.165, 1.54) is 23.7 Å². The normalized spacial score (nSPS) is 16.9. The lowest BCUT2D eigenvalue weighted by atomic mass is 10.1. The van der Waals surface area contributed by atoms with E-state index in [2.05, 4.69) is 20.7 Å². The summed E-state index contributed by atoms with van der Waals surface area (Å²) >= 11 is 1.43. The molecule has 1 aliphatic rings. The second kappa shape index (κ2) is 4.92. The van der Waals surface area contributed by atoms with E-state index in [4.69, 9.17) is 4.52 Å². The van der Waals surface area contributed by atoms with Crippen LogP contribution in [0.5, 0.6) is 0 Å². The molecular formula is C14H11FN4OS. The predicted octanol–water partition coefficient (Wildman–Crippen LogP) is 3.43. The standard InChI is InChI=1S/C14H11FN4OS/c15-9-2-3-10-8(7-9)1-4-11(10)16-14-18-17-13(21-14)12-5-6-20-19-12/h2-3,5-7,11H,1,4H2,(H,16,18). The molecule has 0 saturated carbocycles. The Bertz CT molecular complexity index is 771. The lowest BCUT2D eigenvalue weighted by molar-refractivity contribution is 0.422. The Morgan fingerprint density at radius 3 is 3.10 bits per heavy atom. The molecule has 2 heterocycles. The van der Waals surface area contributed by atoms with Gasteiger partial charge in [0.1, 0.15) is 17.8 Å². The van der Waals surface area contributed by atoms with Gasteiger partial charge in [-0.2, -0.15) is 0 Å². The predicted molar refractivity (Wildman–Crippen MR) is 76.5 cm³/mol. The molecule has 4 rings (SSSR count). The van der Waals surface area contributed by atoms with Gasteiger partial charge in [0.15, 0.2) is 5.01 Å². The minimum absolute atomic E-state index is 0.152. The van der Waals surface area contributed by atoms with Crippen molar-refractivity contribution in [1.82, 2.24) is 15.4 Å². The highest BCUT2D eigenvalue weighted by Gasteiger charge is 2.24. The molecule has 0 bridgehead atoms. The molecule has 5 nitrogen and oxygen atoms in total. The Morgan fingerprint density at radius 1 is 1.29 bits per heavy atom. The molecule has 106 valence electrons. The third-order valence-electron chi connectivity index (χ3n) is 3.56. The van der Waals surface area contributed by atoms with Crippen LogP contribution in [0.1, 0.15) is 23.6 Å². The van der Waals surface area contributed by atoms with Crippen LogP contribution in [-0.2, 0) is 6.42 Å². The van der Waals surface area contributed by atoms with Crippen LogP contribution in [0.4, 0.5) is 9.52 Å². The van der Waals surface area contributed by atoms with Gasteiger partial charge >= 0.3 is 0 Å². The van der Waals surface area contributed by atoms with Crippen LogP contribution in [0.25, 0.3) is 10.7 Å². The largest absolute Gasteiger partial charge is 0.364 e. The van der Waals surface area contributed by atoms with Crippen molar-refractivity contribution >= 4 is 16.5 Å². The van der Waals surface area contributed by atoms with Crippen LogP contribution < -0.4 is 5.32 Å². The van der Waals surface area contributed by atoms with Gasteiger partial charge in [0.2, 0.25) is 5.13 Å². The van der Waals surface area contributed by atoms with Gasteiger partial charge < -0.3 is 9.84 Å². The summed E-state index contributed by atoms with van der Waals surface area (Å²) < 4.78 is 18.0. The Kier molecular flexibility index (Phi) is 2.92. The molecule has 2 aromatic heterocycles. The van der Waals surface area contributed by atoms with Crippen molar-refractivity contribution in [3.63, 3.8) is 0 Å². The van der Waals surface area contributed by atoms with Crippen LogP contribution >= 0.6 is 11.3 Å². The third kappa shape index (κ3) is 2.29. The first-order valence-corrected chi connectivity index (χ1v) is 7.40. The third-order valence-corrected chi connectivity index (χ3v) is 4.44. The number of nitrogens with one attached hydrogen (secondary N) is 1. The van der Waals surface area contributed by atoms with Crippen LogP contribution in [0, 0.1) is 5.82 Å². The van der Waals surface area contributed by atoms with E-state index in [1.807, 2.05) is 6.07 Å². The molecule has 3 aromatic rings. The SMILES string of the molecule is Fc1ccc2c(c1)CCC2Nc1nnc(-c2ccon2)s1. The van der Waals surface area contributed by atoms with Gasteiger partial charge in [-0.1, -0.05) is 22.6 Å². The van der Waals surface area contributed by atoms with E-state index in [0.29, 0.717) is 10.7 Å². The molecule has 1 aromatic carbocycles. The molecular weight excluding hydrogens is 291 g/mol. The molecule has 0 spiro atoms. The van der Waals surface area contributed by atoms with E-state index in [1.54, 1.807) is 12.1 Å². The van der Waals surface area contributed by atoms with Crippen LogP contribution in [0.2, 0.25) is 0 Å². The average molecular weight is 302 g/mol. The first-order chi connectivity index (χ1) is 10.3. The molecule has 1 atom stereocenters. The Balaban J connectivity index is 1.56. The van der Waals surface area contributed by atoms with Gasteiger partial charge in [-0.05, 0) is 36.1 Å². The number of hydrogen-bond donors (Lipinski definition) is 1. The first kappa shape index (κ1) is 12.5. The maximum absolute atomic E-state index is 13.2. The first-order valence-electron chi connectivity index (χ1n) is 6.59. The van der Waals surface area contributed by atoms with E-state index >= 15 is 0 Å². The van der Waals surface area contributed by atoms with Crippen molar-refractivity contribution in [3.8, 4) is 10.7 Å². The second-order valence-corrected chi connectivity index (χ2v) is 5.85. The lowest BCUT2D eigenvalue weighted by Crippen LogP contribution is -2.06. The smallest absolute Gasteiger partial charge is 0.206 e. The highest BCUT2D eigenvalue weighted by atomic mass is 32.1. The monoisotopic (exact) mass is 302 g/mol. The number of fused-ring (bicyclic) bond motifs is 1. The fourth-order valence-electron chi connectivity index (χ4n) is 2.59. The minimum Gasteiger partial charge on any atom is -0.364 e. The summed E-state index contributed by atoms with van der Waals surface area (Å²) in [5.74, 6) is -0.182. The van der Waals surface area contributed by atoms with Gasteiger partial charge in [0.05, 0.1) is 6.04 Å². The maximum atomic E-state index is 13.2. The van der Waals surface area contributed by atoms with Gasteiger partial charge in [-0.25, -0.2) is 4.39 Å². The van der Waals surface area contributed by atoms with Crippen LogP contribution in [0.15, 0.2) is 35.1 Å². The molecule has 0 fully saturated rings. The number of anilines is 1. The minimum atomic E-state index is -0.182. The zero-order valence-corrected chi connectivity index (χ0v) is 11.7. The maximum Gasteiger partial charge on any atom is 0.206 e. The second-order valence-electron chi connectivity index (χ2n) is 4.88. The molecule has 0 saturated heterocycles. The topological polar surface area (TPSA) is 63.8 Å². The fourth-order valence-corrected chi connectivity index (χ4v) is 3.35.